The third-order valence-corrected chi connectivity index (χ3v) is 6.57. The SMILES string of the molecule is Cc1ccc(C)c(CN(CC(=O)N2CCSC2c2ccc(F)cc2)C(C)C)c1. The molecule has 0 bridgehead atoms. The van der Waals surface area contributed by atoms with Crippen LogP contribution in [0.15, 0.2) is 42.5 Å². The van der Waals surface area contributed by atoms with Crippen LogP contribution in [0.1, 0.15) is 41.5 Å². The second-order valence-corrected chi connectivity index (χ2v) is 8.98. The van der Waals surface area contributed by atoms with Gasteiger partial charge in [-0.3, -0.25) is 9.69 Å². The molecule has 1 saturated heterocycles. The molecule has 0 N–H and O–H groups in total. The van der Waals surface area contributed by atoms with Crippen LogP contribution in [-0.4, -0.2) is 40.6 Å². The van der Waals surface area contributed by atoms with Gasteiger partial charge >= 0.3 is 0 Å². The highest BCUT2D eigenvalue weighted by molar-refractivity contribution is 7.99. The molecule has 150 valence electrons. The summed E-state index contributed by atoms with van der Waals surface area (Å²) in [5.41, 5.74) is 4.75. The molecule has 1 unspecified atom stereocenters. The van der Waals surface area contributed by atoms with E-state index in [-0.39, 0.29) is 23.1 Å². The Balaban J connectivity index is 1.72. The van der Waals surface area contributed by atoms with Gasteiger partial charge in [-0.25, -0.2) is 4.39 Å². The lowest BCUT2D eigenvalue weighted by Crippen LogP contribution is -2.42. The largest absolute Gasteiger partial charge is 0.325 e. The highest BCUT2D eigenvalue weighted by Crippen LogP contribution is 2.38. The molecule has 2 aromatic carbocycles. The van der Waals surface area contributed by atoms with E-state index in [4.69, 9.17) is 0 Å². The van der Waals surface area contributed by atoms with Crippen LogP contribution in [0.3, 0.4) is 0 Å². The van der Waals surface area contributed by atoms with Gasteiger partial charge < -0.3 is 4.90 Å². The van der Waals surface area contributed by atoms with Gasteiger partial charge in [0, 0.05) is 24.9 Å². The van der Waals surface area contributed by atoms with Crippen molar-refractivity contribution in [1.29, 1.82) is 0 Å². The second-order valence-electron chi connectivity index (χ2n) is 7.79. The smallest absolute Gasteiger partial charge is 0.237 e. The van der Waals surface area contributed by atoms with E-state index >= 15 is 0 Å². The zero-order valence-electron chi connectivity index (χ0n) is 17.1. The summed E-state index contributed by atoms with van der Waals surface area (Å²) in [6.45, 7) is 10.4. The Morgan fingerprint density at radius 1 is 1.21 bits per heavy atom. The summed E-state index contributed by atoms with van der Waals surface area (Å²) in [4.78, 5) is 17.3. The number of aryl methyl sites for hydroxylation is 2. The highest BCUT2D eigenvalue weighted by atomic mass is 32.2. The Bertz CT molecular complexity index is 822. The number of benzene rings is 2. The zero-order valence-corrected chi connectivity index (χ0v) is 17.9. The summed E-state index contributed by atoms with van der Waals surface area (Å²) in [5, 5.41) is -0.0252. The predicted molar refractivity (Wildman–Crippen MR) is 115 cm³/mol. The molecule has 1 atom stereocenters. The maximum absolute atomic E-state index is 13.3. The molecule has 2 aromatic rings. The van der Waals surface area contributed by atoms with E-state index in [1.165, 1.54) is 28.8 Å². The predicted octanol–water partition coefficient (Wildman–Crippen LogP) is 4.93. The Hall–Kier alpha value is -1.85. The first kappa shape index (κ1) is 20.9. The van der Waals surface area contributed by atoms with Crippen LogP contribution in [0.5, 0.6) is 0 Å². The van der Waals surface area contributed by atoms with Crippen LogP contribution in [0.25, 0.3) is 0 Å². The summed E-state index contributed by atoms with van der Waals surface area (Å²) >= 11 is 1.75. The molecule has 5 heteroatoms. The standard InChI is InChI=1S/C23H29FN2OS/c1-16(2)25(14-20-13-17(3)5-6-18(20)4)15-22(27)26-11-12-28-23(26)19-7-9-21(24)10-8-19/h5-10,13,16,23H,11-12,14-15H2,1-4H3. The van der Waals surface area contributed by atoms with Gasteiger partial charge in [0.15, 0.2) is 0 Å². The van der Waals surface area contributed by atoms with Gasteiger partial charge in [0.25, 0.3) is 0 Å². The monoisotopic (exact) mass is 400 g/mol. The lowest BCUT2D eigenvalue weighted by molar-refractivity contribution is -0.133. The number of halogens is 1. The molecule has 1 aliphatic heterocycles. The van der Waals surface area contributed by atoms with Gasteiger partial charge in [-0.1, -0.05) is 35.9 Å². The first-order chi connectivity index (χ1) is 13.3. The molecular formula is C23H29FN2OS. The van der Waals surface area contributed by atoms with E-state index in [1.54, 1.807) is 23.9 Å². The molecule has 0 spiro atoms. The Kier molecular flexibility index (Phi) is 6.78. The molecular weight excluding hydrogens is 371 g/mol. The van der Waals surface area contributed by atoms with Crippen molar-refractivity contribution in [2.45, 2.75) is 45.7 Å². The van der Waals surface area contributed by atoms with Crippen molar-refractivity contribution in [2.24, 2.45) is 0 Å². The molecule has 1 aliphatic rings. The molecule has 1 heterocycles. The minimum Gasteiger partial charge on any atom is -0.325 e. The van der Waals surface area contributed by atoms with Crippen LogP contribution in [0, 0.1) is 19.7 Å². The molecule has 0 aromatic heterocycles. The molecule has 1 amide bonds. The topological polar surface area (TPSA) is 23.6 Å². The van der Waals surface area contributed by atoms with Crippen molar-refractivity contribution >= 4 is 17.7 Å². The average molecular weight is 401 g/mol. The van der Waals surface area contributed by atoms with Crippen molar-refractivity contribution in [3.05, 3.63) is 70.5 Å². The normalized spacial score (nSPS) is 17.0. The minimum atomic E-state index is -0.246. The number of amides is 1. The molecule has 0 radical (unpaired) electrons. The van der Waals surface area contributed by atoms with E-state index in [9.17, 15) is 9.18 Å². The Labute approximate surface area is 171 Å². The molecule has 28 heavy (non-hydrogen) atoms. The second kappa shape index (κ2) is 9.10. The van der Waals surface area contributed by atoms with Crippen LogP contribution in [-0.2, 0) is 11.3 Å². The summed E-state index contributed by atoms with van der Waals surface area (Å²) < 4.78 is 13.3. The fourth-order valence-electron chi connectivity index (χ4n) is 3.50. The Morgan fingerprint density at radius 3 is 2.61 bits per heavy atom. The summed E-state index contributed by atoms with van der Waals surface area (Å²) in [6.07, 6.45) is 0. The van der Waals surface area contributed by atoms with Gasteiger partial charge in [-0.2, -0.15) is 0 Å². The van der Waals surface area contributed by atoms with E-state index < -0.39 is 0 Å². The van der Waals surface area contributed by atoms with E-state index in [0.717, 1.165) is 24.4 Å². The van der Waals surface area contributed by atoms with Gasteiger partial charge in [0.2, 0.25) is 5.91 Å². The summed E-state index contributed by atoms with van der Waals surface area (Å²) in [6, 6.07) is 13.3. The van der Waals surface area contributed by atoms with E-state index in [1.807, 2.05) is 4.90 Å². The third kappa shape index (κ3) is 4.95. The van der Waals surface area contributed by atoms with Crippen LogP contribution < -0.4 is 0 Å². The number of rotatable bonds is 6. The Morgan fingerprint density at radius 2 is 1.93 bits per heavy atom. The van der Waals surface area contributed by atoms with E-state index in [0.29, 0.717) is 6.54 Å². The maximum atomic E-state index is 13.3. The average Bonchev–Trinajstić information content (AvgIpc) is 3.14. The number of carbonyl (C=O) groups excluding carboxylic acids is 1. The number of carbonyl (C=O) groups is 1. The fourth-order valence-corrected chi connectivity index (χ4v) is 4.78. The van der Waals surface area contributed by atoms with Crippen molar-refractivity contribution in [2.75, 3.05) is 18.8 Å². The van der Waals surface area contributed by atoms with Crippen LogP contribution >= 0.6 is 11.8 Å². The molecule has 0 saturated carbocycles. The first-order valence-corrected chi connectivity index (χ1v) is 10.9. The third-order valence-electron chi connectivity index (χ3n) is 5.31. The lowest BCUT2D eigenvalue weighted by atomic mass is 10.0. The highest BCUT2D eigenvalue weighted by Gasteiger charge is 2.31. The van der Waals surface area contributed by atoms with Gasteiger partial charge in [-0.15, -0.1) is 11.8 Å². The molecule has 0 aliphatic carbocycles. The van der Waals surface area contributed by atoms with E-state index in [2.05, 4.69) is 50.8 Å². The quantitative estimate of drug-likeness (QED) is 0.687. The van der Waals surface area contributed by atoms with Gasteiger partial charge in [-0.05, 0) is 56.5 Å². The molecule has 3 rings (SSSR count). The van der Waals surface area contributed by atoms with Crippen molar-refractivity contribution < 1.29 is 9.18 Å². The van der Waals surface area contributed by atoms with Crippen molar-refractivity contribution in [3.8, 4) is 0 Å². The maximum Gasteiger partial charge on any atom is 0.237 e. The number of hydrogen-bond acceptors (Lipinski definition) is 3. The molecule has 3 nitrogen and oxygen atoms in total. The zero-order chi connectivity index (χ0) is 20.3. The summed E-state index contributed by atoms with van der Waals surface area (Å²) in [7, 11) is 0. The number of hydrogen-bond donors (Lipinski definition) is 0. The first-order valence-electron chi connectivity index (χ1n) is 9.82. The van der Waals surface area contributed by atoms with Gasteiger partial charge in [0.05, 0.1) is 6.54 Å². The minimum absolute atomic E-state index is 0.0252. The van der Waals surface area contributed by atoms with Crippen LogP contribution in [0.4, 0.5) is 4.39 Å². The van der Waals surface area contributed by atoms with Crippen LogP contribution in [0.2, 0.25) is 0 Å². The van der Waals surface area contributed by atoms with Crippen molar-refractivity contribution in [3.63, 3.8) is 0 Å². The number of thioether (sulfide) groups is 1. The van der Waals surface area contributed by atoms with Crippen molar-refractivity contribution in [1.82, 2.24) is 9.80 Å². The number of nitrogens with zero attached hydrogens (tertiary/aromatic N) is 2. The fraction of sp³-hybridized carbons (Fsp3) is 0.435. The molecule has 1 fully saturated rings. The summed E-state index contributed by atoms with van der Waals surface area (Å²) in [5.74, 6) is 0.800. The van der Waals surface area contributed by atoms with Gasteiger partial charge in [0.1, 0.15) is 11.2 Å². The lowest BCUT2D eigenvalue weighted by Gasteiger charge is -2.31.